The second-order valence-electron chi connectivity index (χ2n) is 4.49. The normalized spacial score (nSPS) is 11.6. The summed E-state index contributed by atoms with van der Waals surface area (Å²) in [7, 11) is -2.94. The second kappa shape index (κ2) is 9.83. The van der Waals surface area contributed by atoms with Crippen LogP contribution in [0.15, 0.2) is 0 Å². The van der Waals surface area contributed by atoms with E-state index in [0.29, 0.717) is 6.42 Å². The Morgan fingerprint density at radius 3 is 2.06 bits per heavy atom. The highest BCUT2D eigenvalue weighted by Crippen LogP contribution is 2.08. The molecule has 0 aliphatic rings. The third-order valence-corrected chi connectivity index (χ3v) is 4.66. The molecule has 0 saturated heterocycles. The molecule has 0 fully saturated rings. The molecule has 102 valence electrons. The molecule has 0 bridgehead atoms. The number of unbranched alkanes of at least 4 members (excludes halogenated alkanes) is 6. The van der Waals surface area contributed by atoms with E-state index in [1.165, 1.54) is 25.7 Å². The fraction of sp³-hybridized carbons (Fsp3) is 0.917. The van der Waals surface area contributed by atoms with Gasteiger partial charge in [0, 0.05) is 6.42 Å². The van der Waals surface area contributed by atoms with E-state index in [2.05, 4.69) is 19.1 Å². The van der Waals surface area contributed by atoms with Gasteiger partial charge in [0.1, 0.15) is 0 Å². The Morgan fingerprint density at radius 1 is 1.00 bits per heavy atom. The van der Waals surface area contributed by atoms with Crippen LogP contribution in [-0.4, -0.2) is 24.9 Å². The van der Waals surface area contributed by atoms with Crippen LogP contribution in [0.1, 0.15) is 58.3 Å². The average molecular weight is 279 g/mol. The highest BCUT2D eigenvalue weighted by molar-refractivity contribution is 7.91. The predicted octanol–water partition coefficient (Wildman–Crippen LogP) is 2.83. The molecular formula is C12H25NO2S2. The van der Waals surface area contributed by atoms with Gasteiger partial charge in [0.05, 0.1) is 16.5 Å². The Labute approximate surface area is 111 Å². The van der Waals surface area contributed by atoms with Crippen LogP contribution < -0.4 is 5.73 Å². The van der Waals surface area contributed by atoms with Gasteiger partial charge >= 0.3 is 0 Å². The Hall–Kier alpha value is -0.160. The molecule has 0 rings (SSSR count). The first kappa shape index (κ1) is 16.8. The summed E-state index contributed by atoms with van der Waals surface area (Å²) in [6.07, 6.45) is 8.26. The van der Waals surface area contributed by atoms with Crippen LogP contribution in [0.2, 0.25) is 0 Å². The van der Waals surface area contributed by atoms with Crippen molar-refractivity contribution in [3.05, 3.63) is 0 Å². The molecule has 2 N–H and O–H groups in total. The minimum atomic E-state index is -2.94. The second-order valence-corrected chi connectivity index (χ2v) is 7.32. The maximum absolute atomic E-state index is 11.6. The van der Waals surface area contributed by atoms with Crippen LogP contribution in [-0.2, 0) is 9.84 Å². The van der Waals surface area contributed by atoms with E-state index in [-0.39, 0.29) is 16.5 Å². The summed E-state index contributed by atoms with van der Waals surface area (Å²) >= 11 is 4.67. The van der Waals surface area contributed by atoms with Crippen molar-refractivity contribution in [1.29, 1.82) is 0 Å². The quantitative estimate of drug-likeness (QED) is 0.467. The first-order chi connectivity index (χ1) is 7.98. The van der Waals surface area contributed by atoms with E-state index in [1.807, 2.05) is 0 Å². The van der Waals surface area contributed by atoms with Crippen LogP contribution >= 0.6 is 12.2 Å². The molecule has 0 unspecified atom stereocenters. The minimum absolute atomic E-state index is 0.109. The summed E-state index contributed by atoms with van der Waals surface area (Å²) < 4.78 is 23.1. The number of sulfone groups is 1. The number of hydrogen-bond acceptors (Lipinski definition) is 3. The first-order valence-corrected chi connectivity index (χ1v) is 8.69. The van der Waals surface area contributed by atoms with Gasteiger partial charge in [-0.3, -0.25) is 0 Å². The minimum Gasteiger partial charge on any atom is -0.393 e. The lowest BCUT2D eigenvalue weighted by Gasteiger charge is -2.04. The molecule has 3 nitrogen and oxygen atoms in total. The zero-order valence-corrected chi connectivity index (χ0v) is 12.4. The van der Waals surface area contributed by atoms with Crippen molar-refractivity contribution in [2.45, 2.75) is 58.3 Å². The zero-order valence-electron chi connectivity index (χ0n) is 10.8. The number of thiocarbonyl (C=S) groups is 1. The van der Waals surface area contributed by atoms with Gasteiger partial charge in [-0.15, -0.1) is 0 Å². The van der Waals surface area contributed by atoms with Crippen LogP contribution in [0.5, 0.6) is 0 Å². The fourth-order valence-electron chi connectivity index (χ4n) is 1.64. The molecule has 0 saturated carbocycles. The van der Waals surface area contributed by atoms with Crippen LogP contribution in [0.4, 0.5) is 0 Å². The van der Waals surface area contributed by atoms with Crippen molar-refractivity contribution in [3.8, 4) is 0 Å². The Bertz CT molecular complexity index is 300. The molecule has 0 aromatic carbocycles. The predicted molar refractivity (Wildman–Crippen MR) is 78.0 cm³/mol. The largest absolute Gasteiger partial charge is 0.393 e. The highest BCUT2D eigenvalue weighted by Gasteiger charge is 2.10. The summed E-state index contributed by atoms with van der Waals surface area (Å²) in [5.74, 6) is 0.390. The molecule has 5 heteroatoms. The van der Waals surface area contributed by atoms with Crippen molar-refractivity contribution >= 4 is 27.0 Å². The van der Waals surface area contributed by atoms with E-state index >= 15 is 0 Å². The molecule has 0 amide bonds. The molecule has 0 aromatic rings. The zero-order chi connectivity index (χ0) is 13.1. The lowest BCUT2D eigenvalue weighted by Crippen LogP contribution is -2.17. The van der Waals surface area contributed by atoms with E-state index in [0.717, 1.165) is 19.3 Å². The summed E-state index contributed by atoms with van der Waals surface area (Å²) in [5, 5.41) is 0. The molecule has 0 aliphatic heterocycles. The monoisotopic (exact) mass is 279 g/mol. The van der Waals surface area contributed by atoms with Gasteiger partial charge in [0.15, 0.2) is 9.84 Å². The van der Waals surface area contributed by atoms with Gasteiger partial charge in [-0.2, -0.15) is 0 Å². The van der Waals surface area contributed by atoms with Crippen molar-refractivity contribution in [3.63, 3.8) is 0 Å². The average Bonchev–Trinajstić information content (AvgIpc) is 2.25. The lowest BCUT2D eigenvalue weighted by atomic mass is 10.1. The fourth-order valence-corrected chi connectivity index (χ4v) is 3.25. The number of hydrogen-bond donors (Lipinski definition) is 1. The van der Waals surface area contributed by atoms with E-state index in [4.69, 9.17) is 5.73 Å². The van der Waals surface area contributed by atoms with Gasteiger partial charge in [-0.05, 0) is 6.42 Å². The highest BCUT2D eigenvalue weighted by atomic mass is 32.2. The summed E-state index contributed by atoms with van der Waals surface area (Å²) in [5.41, 5.74) is 5.29. The maximum Gasteiger partial charge on any atom is 0.150 e. The van der Waals surface area contributed by atoms with Gasteiger partial charge in [-0.1, -0.05) is 57.7 Å². The standard InChI is InChI=1S/C12H25NO2S2/c1-2-3-4-5-6-7-8-10-17(14,15)11-9-12(13)16/h2-11H2,1H3,(H2,13,16). The van der Waals surface area contributed by atoms with Crippen molar-refractivity contribution in [2.75, 3.05) is 11.5 Å². The van der Waals surface area contributed by atoms with Gasteiger partial charge in [-0.25, -0.2) is 8.42 Å². The summed E-state index contributed by atoms with van der Waals surface area (Å²) in [4.78, 5) is 0.285. The third-order valence-electron chi connectivity index (χ3n) is 2.72. The maximum atomic E-state index is 11.6. The third kappa shape index (κ3) is 12.1. The van der Waals surface area contributed by atoms with Crippen molar-refractivity contribution < 1.29 is 8.42 Å². The smallest absolute Gasteiger partial charge is 0.150 e. The molecule has 0 spiro atoms. The molecular weight excluding hydrogens is 254 g/mol. The van der Waals surface area contributed by atoms with Gasteiger partial charge in [0.2, 0.25) is 0 Å². The molecule has 0 atom stereocenters. The van der Waals surface area contributed by atoms with Gasteiger partial charge in [0.25, 0.3) is 0 Å². The van der Waals surface area contributed by atoms with E-state index < -0.39 is 9.84 Å². The summed E-state index contributed by atoms with van der Waals surface area (Å²) in [6.45, 7) is 2.19. The van der Waals surface area contributed by atoms with Crippen LogP contribution in [0, 0.1) is 0 Å². The first-order valence-electron chi connectivity index (χ1n) is 6.46. The van der Waals surface area contributed by atoms with Crippen LogP contribution in [0.3, 0.4) is 0 Å². The van der Waals surface area contributed by atoms with Crippen molar-refractivity contribution in [1.82, 2.24) is 0 Å². The lowest BCUT2D eigenvalue weighted by molar-refractivity contribution is 0.579. The SMILES string of the molecule is CCCCCCCCCS(=O)(=O)CCC(N)=S. The molecule has 0 heterocycles. The Morgan fingerprint density at radius 2 is 1.53 bits per heavy atom. The molecule has 0 radical (unpaired) electrons. The number of rotatable bonds is 11. The molecule has 17 heavy (non-hydrogen) atoms. The van der Waals surface area contributed by atoms with Gasteiger partial charge < -0.3 is 5.73 Å². The topological polar surface area (TPSA) is 60.2 Å². The Kier molecular flexibility index (Phi) is 9.74. The number of nitrogens with two attached hydrogens (primary N) is 1. The van der Waals surface area contributed by atoms with E-state index in [1.54, 1.807) is 0 Å². The van der Waals surface area contributed by atoms with E-state index in [9.17, 15) is 8.42 Å². The molecule has 0 aliphatic carbocycles. The van der Waals surface area contributed by atoms with Crippen molar-refractivity contribution in [2.24, 2.45) is 5.73 Å². The Balaban J connectivity index is 3.49. The van der Waals surface area contributed by atoms with Crippen LogP contribution in [0.25, 0.3) is 0 Å². The summed E-state index contributed by atoms with van der Waals surface area (Å²) in [6, 6.07) is 0. The molecule has 0 aromatic heterocycles.